The first-order valence-electron chi connectivity index (χ1n) is 5.80. The van der Waals surface area contributed by atoms with E-state index >= 15 is 0 Å². The maximum Gasteiger partial charge on any atom is 0.228 e. The molecule has 104 valence electrons. The van der Waals surface area contributed by atoms with E-state index in [2.05, 4.69) is 20.6 Å². The van der Waals surface area contributed by atoms with Crippen LogP contribution < -0.4 is 20.1 Å². The van der Waals surface area contributed by atoms with E-state index in [-0.39, 0.29) is 0 Å². The summed E-state index contributed by atoms with van der Waals surface area (Å²) in [7, 11) is 3.18. The topological polar surface area (TPSA) is 68.3 Å². The van der Waals surface area contributed by atoms with E-state index in [4.69, 9.17) is 21.7 Å². The number of anilines is 2. The van der Waals surface area contributed by atoms with Gasteiger partial charge >= 0.3 is 0 Å². The Morgan fingerprint density at radius 2 is 1.85 bits per heavy atom. The number of ether oxygens (including phenoxy) is 2. The zero-order chi connectivity index (χ0) is 14.4. The van der Waals surface area contributed by atoms with Crippen molar-refractivity contribution in [1.82, 2.24) is 9.97 Å². The Morgan fingerprint density at radius 3 is 2.50 bits per heavy atom. The zero-order valence-electron chi connectivity index (χ0n) is 11.1. The number of aromatic nitrogens is 2. The van der Waals surface area contributed by atoms with E-state index in [1.807, 2.05) is 0 Å². The molecule has 0 aliphatic rings. The van der Waals surface area contributed by atoms with Gasteiger partial charge in [0.25, 0.3) is 0 Å². The number of nitrogens with zero attached hydrogens (tertiary/aromatic N) is 2. The number of hydrogen-bond donors (Lipinski definition) is 2. The lowest BCUT2D eigenvalue weighted by atomic mass is 10.2. The molecule has 0 aliphatic carbocycles. The van der Waals surface area contributed by atoms with E-state index in [1.54, 1.807) is 50.9 Å². The van der Waals surface area contributed by atoms with Gasteiger partial charge in [-0.15, -0.1) is 0 Å². The third-order valence-corrected chi connectivity index (χ3v) is 2.65. The normalized spacial score (nSPS) is 9.70. The van der Waals surface area contributed by atoms with Gasteiger partial charge in [0.05, 0.1) is 19.9 Å². The van der Waals surface area contributed by atoms with Gasteiger partial charge in [0.2, 0.25) is 5.95 Å². The maximum atomic E-state index is 5.26. The molecule has 0 saturated heterocycles. The molecular formula is C13H14N4O2S. The van der Waals surface area contributed by atoms with Gasteiger partial charge < -0.3 is 20.1 Å². The number of nitrogens with one attached hydrogen (secondary N) is 2. The van der Waals surface area contributed by atoms with Crippen LogP contribution in [-0.2, 0) is 0 Å². The molecular weight excluding hydrogens is 276 g/mol. The van der Waals surface area contributed by atoms with E-state index in [0.717, 1.165) is 0 Å². The molecule has 20 heavy (non-hydrogen) atoms. The minimum atomic E-state index is 0.364. The lowest BCUT2D eigenvalue weighted by Gasteiger charge is -2.13. The number of benzene rings is 1. The summed E-state index contributed by atoms with van der Waals surface area (Å²) in [6.45, 7) is 0. The van der Waals surface area contributed by atoms with E-state index < -0.39 is 0 Å². The summed E-state index contributed by atoms with van der Waals surface area (Å²) in [6, 6.07) is 7.12. The summed E-state index contributed by atoms with van der Waals surface area (Å²) in [4.78, 5) is 8.06. The molecule has 1 heterocycles. The van der Waals surface area contributed by atoms with Crippen molar-refractivity contribution in [2.24, 2.45) is 0 Å². The standard InChI is InChI=1S/C13H14N4O2S/c1-18-9-4-5-11(19-2)10(8-9)16-13(20)17-12-14-6-3-7-15-12/h3-8H,1-2H3,(H2,14,15,16,17,20). The van der Waals surface area contributed by atoms with Crippen molar-refractivity contribution in [3.63, 3.8) is 0 Å². The van der Waals surface area contributed by atoms with Crippen LogP contribution in [0.3, 0.4) is 0 Å². The van der Waals surface area contributed by atoms with Crippen molar-refractivity contribution in [2.45, 2.75) is 0 Å². The molecule has 2 rings (SSSR count). The first-order chi connectivity index (χ1) is 9.72. The van der Waals surface area contributed by atoms with Crippen LogP contribution in [0.15, 0.2) is 36.7 Å². The Kier molecular flexibility index (Phi) is 4.67. The van der Waals surface area contributed by atoms with E-state index in [1.165, 1.54) is 0 Å². The van der Waals surface area contributed by atoms with Crippen LogP contribution >= 0.6 is 12.2 Å². The number of rotatable bonds is 4. The predicted molar refractivity (Wildman–Crippen MR) is 81.4 cm³/mol. The average Bonchev–Trinajstić information content (AvgIpc) is 2.48. The zero-order valence-corrected chi connectivity index (χ0v) is 11.9. The van der Waals surface area contributed by atoms with Crippen LogP contribution in [0.1, 0.15) is 0 Å². The second-order valence-electron chi connectivity index (χ2n) is 3.72. The van der Waals surface area contributed by atoms with Gasteiger partial charge in [0.15, 0.2) is 5.11 Å². The lowest BCUT2D eigenvalue weighted by molar-refractivity contribution is 0.405. The molecule has 2 aromatic rings. The van der Waals surface area contributed by atoms with Gasteiger partial charge in [-0.2, -0.15) is 0 Å². The molecule has 0 aliphatic heterocycles. The van der Waals surface area contributed by atoms with E-state index in [0.29, 0.717) is 28.2 Å². The summed E-state index contributed by atoms with van der Waals surface area (Å²) >= 11 is 5.21. The molecule has 0 spiro atoms. The van der Waals surface area contributed by atoms with Crippen molar-refractivity contribution in [2.75, 3.05) is 24.9 Å². The highest BCUT2D eigenvalue weighted by atomic mass is 32.1. The fourth-order valence-corrected chi connectivity index (χ4v) is 1.73. The maximum absolute atomic E-state index is 5.26. The molecule has 0 fully saturated rings. The molecule has 0 radical (unpaired) electrons. The highest BCUT2D eigenvalue weighted by Crippen LogP contribution is 2.28. The van der Waals surface area contributed by atoms with Crippen LogP contribution in [0.25, 0.3) is 0 Å². The van der Waals surface area contributed by atoms with Crippen molar-refractivity contribution in [3.05, 3.63) is 36.7 Å². The van der Waals surface area contributed by atoms with Gasteiger partial charge in [-0.05, 0) is 30.4 Å². The predicted octanol–water partition coefficient (Wildman–Crippen LogP) is 2.30. The van der Waals surface area contributed by atoms with Crippen LogP contribution in [0.2, 0.25) is 0 Å². The van der Waals surface area contributed by atoms with Crippen LogP contribution in [0, 0.1) is 0 Å². The molecule has 7 heteroatoms. The van der Waals surface area contributed by atoms with Gasteiger partial charge in [0.1, 0.15) is 11.5 Å². The molecule has 1 aromatic carbocycles. The third kappa shape index (κ3) is 3.55. The SMILES string of the molecule is COc1ccc(OC)c(NC(=S)Nc2ncccn2)c1. The fraction of sp³-hybridized carbons (Fsp3) is 0.154. The minimum Gasteiger partial charge on any atom is -0.497 e. The summed E-state index contributed by atoms with van der Waals surface area (Å²) < 4.78 is 10.4. The van der Waals surface area contributed by atoms with Gasteiger partial charge in [-0.3, -0.25) is 0 Å². The van der Waals surface area contributed by atoms with Crippen molar-refractivity contribution >= 4 is 29.0 Å². The lowest BCUT2D eigenvalue weighted by Crippen LogP contribution is -2.20. The first-order valence-corrected chi connectivity index (χ1v) is 6.21. The van der Waals surface area contributed by atoms with Crippen LogP contribution in [0.4, 0.5) is 11.6 Å². The highest BCUT2D eigenvalue weighted by molar-refractivity contribution is 7.80. The summed E-state index contributed by atoms with van der Waals surface area (Å²) in [6.07, 6.45) is 3.26. The summed E-state index contributed by atoms with van der Waals surface area (Å²) in [5.74, 6) is 1.78. The Labute approximate surface area is 122 Å². The Bertz CT molecular complexity index is 592. The number of methoxy groups -OCH3 is 2. The first kappa shape index (κ1) is 14.0. The molecule has 0 saturated carbocycles. The molecule has 0 unspecified atom stereocenters. The second kappa shape index (κ2) is 6.67. The smallest absolute Gasteiger partial charge is 0.228 e. The van der Waals surface area contributed by atoms with Crippen molar-refractivity contribution in [3.8, 4) is 11.5 Å². The van der Waals surface area contributed by atoms with Crippen molar-refractivity contribution < 1.29 is 9.47 Å². The fourth-order valence-electron chi connectivity index (χ4n) is 1.53. The molecule has 1 aromatic heterocycles. The van der Waals surface area contributed by atoms with Gasteiger partial charge in [-0.1, -0.05) is 0 Å². The second-order valence-corrected chi connectivity index (χ2v) is 4.13. The Balaban J connectivity index is 2.10. The summed E-state index contributed by atoms with van der Waals surface area (Å²) in [5, 5.41) is 6.26. The quantitative estimate of drug-likeness (QED) is 0.837. The average molecular weight is 290 g/mol. The largest absolute Gasteiger partial charge is 0.497 e. The van der Waals surface area contributed by atoms with E-state index in [9.17, 15) is 0 Å². The molecule has 6 nitrogen and oxygen atoms in total. The van der Waals surface area contributed by atoms with Crippen molar-refractivity contribution in [1.29, 1.82) is 0 Å². The highest BCUT2D eigenvalue weighted by Gasteiger charge is 2.07. The molecule has 0 bridgehead atoms. The molecule has 0 atom stereocenters. The van der Waals surface area contributed by atoms with Gasteiger partial charge in [-0.25, -0.2) is 9.97 Å². The van der Waals surface area contributed by atoms with Crippen LogP contribution in [-0.4, -0.2) is 29.3 Å². The van der Waals surface area contributed by atoms with Gasteiger partial charge in [0, 0.05) is 18.5 Å². The summed E-state index contributed by atoms with van der Waals surface area (Å²) in [5.41, 5.74) is 0.695. The Hall–Kier alpha value is -2.41. The molecule has 2 N–H and O–H groups in total. The molecule has 0 amide bonds. The number of thiocarbonyl (C=S) groups is 1. The minimum absolute atomic E-state index is 0.364. The number of hydrogen-bond acceptors (Lipinski definition) is 5. The van der Waals surface area contributed by atoms with Crippen LogP contribution in [0.5, 0.6) is 11.5 Å². The Morgan fingerprint density at radius 1 is 1.10 bits per heavy atom. The monoisotopic (exact) mass is 290 g/mol. The third-order valence-electron chi connectivity index (χ3n) is 2.45.